The van der Waals surface area contributed by atoms with E-state index in [-0.39, 0.29) is 18.0 Å². The Morgan fingerprint density at radius 2 is 1.64 bits per heavy atom. The van der Waals surface area contributed by atoms with E-state index in [1.165, 1.54) is 10.6 Å². The van der Waals surface area contributed by atoms with Crippen LogP contribution in [0.15, 0.2) is 0 Å². The number of hydrogen-bond acceptors (Lipinski definition) is 5. The Bertz CT molecular complexity index is 630. The Kier molecular flexibility index (Phi) is 8.51. The average Bonchev–Trinajstić information content (AvgIpc) is 2.88. The van der Waals surface area contributed by atoms with Gasteiger partial charge in [0.1, 0.15) is 0 Å². The molecule has 162 valence electrons. The van der Waals surface area contributed by atoms with Crippen LogP contribution in [0.4, 0.5) is 4.79 Å². The highest BCUT2D eigenvalue weighted by Crippen LogP contribution is 2.14. The molecule has 0 aromatic heterocycles. The van der Waals surface area contributed by atoms with Crippen molar-refractivity contribution in [3.8, 4) is 0 Å². The Morgan fingerprint density at radius 3 is 2.21 bits per heavy atom. The van der Waals surface area contributed by atoms with Crippen molar-refractivity contribution in [3.05, 3.63) is 0 Å². The van der Waals surface area contributed by atoms with Gasteiger partial charge in [0, 0.05) is 58.4 Å². The van der Waals surface area contributed by atoms with Gasteiger partial charge in [0.15, 0.2) is 0 Å². The normalized spacial score (nSPS) is 20.6. The van der Waals surface area contributed by atoms with Crippen LogP contribution in [0.2, 0.25) is 0 Å². The van der Waals surface area contributed by atoms with Crippen molar-refractivity contribution in [2.75, 3.05) is 65.2 Å². The smallest absolute Gasteiger partial charge is 0.317 e. The fraction of sp³-hybridized carbons (Fsp3) is 0.889. The third-order valence-corrected chi connectivity index (χ3v) is 6.90. The molecule has 2 rings (SSSR count). The van der Waals surface area contributed by atoms with Crippen molar-refractivity contribution in [1.82, 2.24) is 24.3 Å². The molecule has 0 aromatic rings. The van der Waals surface area contributed by atoms with Crippen LogP contribution in [0.25, 0.3) is 0 Å². The van der Waals surface area contributed by atoms with Crippen LogP contribution in [0.5, 0.6) is 0 Å². The Hall–Kier alpha value is -1.39. The number of piperidine rings is 1. The quantitative estimate of drug-likeness (QED) is 0.656. The highest BCUT2D eigenvalue weighted by atomic mass is 32.2. The van der Waals surface area contributed by atoms with Gasteiger partial charge in [-0.2, -0.15) is 0 Å². The van der Waals surface area contributed by atoms with Crippen molar-refractivity contribution >= 4 is 22.0 Å². The molecule has 10 heteroatoms. The average molecular weight is 418 g/mol. The third kappa shape index (κ3) is 6.59. The molecule has 2 aliphatic heterocycles. The highest BCUT2D eigenvalue weighted by molar-refractivity contribution is 7.88. The number of rotatable bonds is 6. The Morgan fingerprint density at radius 1 is 1.00 bits per heavy atom. The molecule has 0 bridgehead atoms. The standard InChI is InChI=1S/C18H35N5O4S/c1-4-21(5-2)17(24)15-20-9-6-10-22(14-13-20)18(25)19-16-7-11-23(12-8-16)28(3,26)27/h16H,4-15H2,1-3H3,(H,19,25). The lowest BCUT2D eigenvalue weighted by atomic mass is 10.1. The minimum Gasteiger partial charge on any atom is -0.342 e. The van der Waals surface area contributed by atoms with Crippen molar-refractivity contribution < 1.29 is 18.0 Å². The summed E-state index contributed by atoms with van der Waals surface area (Å²) in [5.41, 5.74) is 0. The first kappa shape index (κ1) is 22.9. The van der Waals surface area contributed by atoms with Gasteiger partial charge in [-0.05, 0) is 33.1 Å². The summed E-state index contributed by atoms with van der Waals surface area (Å²) in [5, 5.41) is 3.05. The van der Waals surface area contributed by atoms with Crippen LogP contribution in [-0.2, 0) is 14.8 Å². The largest absolute Gasteiger partial charge is 0.342 e. The predicted molar refractivity (Wildman–Crippen MR) is 109 cm³/mol. The van der Waals surface area contributed by atoms with Crippen LogP contribution in [0, 0.1) is 0 Å². The van der Waals surface area contributed by atoms with Gasteiger partial charge in [-0.3, -0.25) is 9.69 Å². The zero-order valence-electron chi connectivity index (χ0n) is 17.4. The maximum atomic E-state index is 12.6. The molecule has 0 aromatic carbocycles. The minimum absolute atomic E-state index is 0.00843. The van der Waals surface area contributed by atoms with Crippen LogP contribution in [0.3, 0.4) is 0 Å². The van der Waals surface area contributed by atoms with E-state index >= 15 is 0 Å². The molecule has 1 N–H and O–H groups in total. The number of carbonyl (C=O) groups is 2. The fourth-order valence-corrected chi connectivity index (χ4v) is 4.67. The molecule has 0 saturated carbocycles. The number of amides is 3. The van der Waals surface area contributed by atoms with Gasteiger partial charge < -0.3 is 15.1 Å². The van der Waals surface area contributed by atoms with Crippen molar-refractivity contribution in [1.29, 1.82) is 0 Å². The van der Waals surface area contributed by atoms with E-state index in [0.29, 0.717) is 52.1 Å². The van der Waals surface area contributed by atoms with E-state index in [1.54, 1.807) is 0 Å². The van der Waals surface area contributed by atoms with Crippen LogP contribution in [0.1, 0.15) is 33.1 Å². The Balaban J connectivity index is 1.77. The second-order valence-corrected chi connectivity index (χ2v) is 9.55. The summed E-state index contributed by atoms with van der Waals surface area (Å²) < 4.78 is 24.6. The maximum absolute atomic E-state index is 12.6. The van der Waals surface area contributed by atoms with Gasteiger partial charge in [-0.1, -0.05) is 0 Å². The first-order chi connectivity index (χ1) is 13.2. The molecule has 0 atom stereocenters. The van der Waals surface area contributed by atoms with E-state index in [0.717, 1.165) is 26.1 Å². The predicted octanol–water partition coefficient (Wildman–Crippen LogP) is -0.00390. The zero-order chi connectivity index (χ0) is 20.7. The molecule has 0 aliphatic carbocycles. The van der Waals surface area contributed by atoms with Crippen LogP contribution >= 0.6 is 0 Å². The van der Waals surface area contributed by atoms with Gasteiger partial charge in [0.2, 0.25) is 15.9 Å². The van der Waals surface area contributed by atoms with E-state index in [4.69, 9.17) is 0 Å². The van der Waals surface area contributed by atoms with Crippen molar-refractivity contribution in [3.63, 3.8) is 0 Å². The maximum Gasteiger partial charge on any atom is 0.317 e. The van der Waals surface area contributed by atoms with E-state index in [1.807, 2.05) is 23.6 Å². The van der Waals surface area contributed by atoms with Crippen molar-refractivity contribution in [2.24, 2.45) is 0 Å². The second-order valence-electron chi connectivity index (χ2n) is 7.57. The first-order valence-corrected chi connectivity index (χ1v) is 12.1. The van der Waals surface area contributed by atoms with Gasteiger partial charge in [0.25, 0.3) is 0 Å². The second kappa shape index (κ2) is 10.4. The van der Waals surface area contributed by atoms with Crippen molar-refractivity contribution in [2.45, 2.75) is 39.2 Å². The zero-order valence-corrected chi connectivity index (χ0v) is 18.2. The lowest BCUT2D eigenvalue weighted by Gasteiger charge is -2.32. The molecule has 28 heavy (non-hydrogen) atoms. The molecule has 2 saturated heterocycles. The lowest BCUT2D eigenvalue weighted by molar-refractivity contribution is -0.132. The van der Waals surface area contributed by atoms with Gasteiger partial charge in [0.05, 0.1) is 12.8 Å². The van der Waals surface area contributed by atoms with E-state index in [9.17, 15) is 18.0 Å². The number of hydrogen-bond donors (Lipinski definition) is 1. The molecule has 0 radical (unpaired) electrons. The number of nitrogens with one attached hydrogen (secondary N) is 1. The Labute approximate surface area is 169 Å². The number of likely N-dealkylation sites (N-methyl/N-ethyl adjacent to an activating group) is 1. The highest BCUT2D eigenvalue weighted by Gasteiger charge is 2.28. The molecule has 2 aliphatic rings. The van der Waals surface area contributed by atoms with E-state index in [2.05, 4.69) is 10.2 Å². The molecular weight excluding hydrogens is 382 g/mol. The number of nitrogens with zero attached hydrogens (tertiary/aromatic N) is 4. The molecule has 9 nitrogen and oxygen atoms in total. The monoisotopic (exact) mass is 417 g/mol. The lowest BCUT2D eigenvalue weighted by Crippen LogP contribution is -2.50. The van der Waals surface area contributed by atoms with E-state index < -0.39 is 10.0 Å². The fourth-order valence-electron chi connectivity index (χ4n) is 3.80. The number of sulfonamides is 1. The third-order valence-electron chi connectivity index (χ3n) is 5.60. The SMILES string of the molecule is CCN(CC)C(=O)CN1CCCN(C(=O)NC2CCN(S(C)(=O)=O)CC2)CC1. The molecule has 0 unspecified atom stereocenters. The number of carbonyl (C=O) groups excluding carboxylic acids is 2. The number of urea groups is 1. The summed E-state index contributed by atoms with van der Waals surface area (Å²) in [6, 6.07) is -0.0798. The van der Waals surface area contributed by atoms with Crippen LogP contribution < -0.4 is 5.32 Å². The van der Waals surface area contributed by atoms with Gasteiger partial charge >= 0.3 is 6.03 Å². The topological polar surface area (TPSA) is 93.3 Å². The summed E-state index contributed by atoms with van der Waals surface area (Å²) in [5.74, 6) is 0.139. The van der Waals surface area contributed by atoms with Crippen LogP contribution in [-0.4, -0.2) is 111 Å². The summed E-state index contributed by atoms with van der Waals surface area (Å²) in [6.07, 6.45) is 3.33. The summed E-state index contributed by atoms with van der Waals surface area (Å²) in [7, 11) is -3.16. The minimum atomic E-state index is -3.16. The molecule has 2 fully saturated rings. The summed E-state index contributed by atoms with van der Waals surface area (Å²) >= 11 is 0. The summed E-state index contributed by atoms with van der Waals surface area (Å²) in [6.45, 7) is 9.47. The van der Waals surface area contributed by atoms with Gasteiger partial charge in [-0.25, -0.2) is 17.5 Å². The molecule has 0 spiro atoms. The molecule has 3 amide bonds. The summed E-state index contributed by atoms with van der Waals surface area (Å²) in [4.78, 5) is 30.7. The molecular formula is C18H35N5O4S. The molecule has 2 heterocycles. The first-order valence-electron chi connectivity index (χ1n) is 10.2. The van der Waals surface area contributed by atoms with Gasteiger partial charge in [-0.15, -0.1) is 0 Å².